The Bertz CT molecular complexity index is 500. The second kappa shape index (κ2) is 5.90. The number of rotatable bonds is 4. The molecule has 2 atom stereocenters. The normalized spacial score (nSPS) is 21.8. The molecule has 1 aromatic rings. The number of hydrogen-bond donors (Lipinski definition) is 1. The molecule has 1 fully saturated rings. The van der Waals surface area contributed by atoms with Crippen molar-refractivity contribution >= 4 is 17.8 Å². The van der Waals surface area contributed by atoms with Gasteiger partial charge in [-0.05, 0) is 31.4 Å². The van der Waals surface area contributed by atoms with Crippen molar-refractivity contribution in [2.24, 2.45) is 5.92 Å². The highest BCUT2D eigenvalue weighted by atomic mass is 16.5. The molecule has 0 amide bonds. The zero-order valence-corrected chi connectivity index (χ0v) is 11.6. The lowest BCUT2D eigenvalue weighted by molar-refractivity contribution is -0.139. The topological polar surface area (TPSA) is 79.7 Å². The average molecular weight is 278 g/mol. The summed E-state index contributed by atoms with van der Waals surface area (Å²) in [6, 6.07) is 2.72. The molecule has 20 heavy (non-hydrogen) atoms. The predicted octanol–water partition coefficient (Wildman–Crippen LogP) is 1.56. The van der Waals surface area contributed by atoms with Crippen molar-refractivity contribution in [3.63, 3.8) is 0 Å². The Morgan fingerprint density at radius 2 is 2.25 bits per heavy atom. The molecular weight excluding hydrogens is 260 g/mol. The van der Waals surface area contributed by atoms with Gasteiger partial charge in [-0.25, -0.2) is 14.6 Å². The largest absolute Gasteiger partial charge is 0.480 e. The summed E-state index contributed by atoms with van der Waals surface area (Å²) < 4.78 is 4.88. The van der Waals surface area contributed by atoms with Gasteiger partial charge in [-0.1, -0.05) is 6.92 Å². The van der Waals surface area contributed by atoms with E-state index in [1.165, 1.54) is 6.20 Å². The van der Waals surface area contributed by atoms with Gasteiger partial charge in [-0.2, -0.15) is 0 Å². The van der Waals surface area contributed by atoms with E-state index in [1.54, 1.807) is 24.0 Å². The van der Waals surface area contributed by atoms with Crippen LogP contribution in [0.4, 0.5) is 5.82 Å². The van der Waals surface area contributed by atoms with Gasteiger partial charge in [-0.3, -0.25) is 0 Å². The molecule has 0 radical (unpaired) electrons. The molecule has 2 heterocycles. The van der Waals surface area contributed by atoms with Gasteiger partial charge >= 0.3 is 11.9 Å². The summed E-state index contributed by atoms with van der Waals surface area (Å²) in [4.78, 5) is 28.8. The zero-order valence-electron chi connectivity index (χ0n) is 11.6. The molecule has 0 bridgehead atoms. The number of esters is 1. The second-order valence-corrected chi connectivity index (χ2v) is 4.87. The van der Waals surface area contributed by atoms with Gasteiger partial charge in [0.15, 0.2) is 0 Å². The molecule has 2 unspecified atom stereocenters. The first kappa shape index (κ1) is 14.3. The summed E-state index contributed by atoms with van der Waals surface area (Å²) in [7, 11) is 0. The van der Waals surface area contributed by atoms with E-state index in [0.717, 1.165) is 6.42 Å². The van der Waals surface area contributed by atoms with Crippen LogP contribution in [0.15, 0.2) is 18.3 Å². The number of hydrogen-bond acceptors (Lipinski definition) is 5. The average Bonchev–Trinajstić information content (AvgIpc) is 2.81. The van der Waals surface area contributed by atoms with E-state index in [9.17, 15) is 14.7 Å². The lowest BCUT2D eigenvalue weighted by Crippen LogP contribution is -2.39. The van der Waals surface area contributed by atoms with Crippen molar-refractivity contribution in [2.75, 3.05) is 18.1 Å². The number of aliphatic carboxylic acids is 1. The quantitative estimate of drug-likeness (QED) is 0.842. The third kappa shape index (κ3) is 2.74. The molecule has 6 heteroatoms. The van der Waals surface area contributed by atoms with Gasteiger partial charge < -0.3 is 14.7 Å². The molecule has 108 valence electrons. The van der Waals surface area contributed by atoms with Gasteiger partial charge in [0.05, 0.1) is 12.2 Å². The van der Waals surface area contributed by atoms with E-state index in [4.69, 9.17) is 4.74 Å². The maximum Gasteiger partial charge on any atom is 0.339 e. The van der Waals surface area contributed by atoms with Crippen molar-refractivity contribution in [3.05, 3.63) is 23.9 Å². The van der Waals surface area contributed by atoms with E-state index in [2.05, 4.69) is 4.98 Å². The van der Waals surface area contributed by atoms with E-state index < -0.39 is 18.0 Å². The van der Waals surface area contributed by atoms with E-state index in [-0.39, 0.29) is 5.92 Å². The predicted molar refractivity (Wildman–Crippen MR) is 72.7 cm³/mol. The summed E-state index contributed by atoms with van der Waals surface area (Å²) in [5.74, 6) is -0.601. The number of carbonyl (C=O) groups is 2. The van der Waals surface area contributed by atoms with Gasteiger partial charge in [-0.15, -0.1) is 0 Å². The maximum atomic E-state index is 11.5. The molecule has 1 aliphatic rings. The Kier molecular flexibility index (Phi) is 4.22. The molecule has 1 aromatic heterocycles. The van der Waals surface area contributed by atoms with Crippen molar-refractivity contribution in [1.29, 1.82) is 0 Å². The van der Waals surface area contributed by atoms with Crippen molar-refractivity contribution in [2.45, 2.75) is 26.3 Å². The molecule has 0 aliphatic carbocycles. The van der Waals surface area contributed by atoms with Crippen LogP contribution in [0.5, 0.6) is 0 Å². The minimum atomic E-state index is -0.841. The van der Waals surface area contributed by atoms with Crippen molar-refractivity contribution in [3.8, 4) is 0 Å². The third-order valence-corrected chi connectivity index (χ3v) is 3.51. The molecule has 0 spiro atoms. The van der Waals surface area contributed by atoms with Crippen LogP contribution in [0, 0.1) is 5.92 Å². The fraction of sp³-hybridized carbons (Fsp3) is 0.500. The van der Waals surface area contributed by atoms with Gasteiger partial charge in [0.25, 0.3) is 0 Å². The Labute approximate surface area is 117 Å². The van der Waals surface area contributed by atoms with Crippen LogP contribution in [0.3, 0.4) is 0 Å². The number of ether oxygens (including phenoxy) is 1. The summed E-state index contributed by atoms with van der Waals surface area (Å²) in [6.45, 7) is 4.63. The van der Waals surface area contributed by atoms with E-state index in [0.29, 0.717) is 24.5 Å². The van der Waals surface area contributed by atoms with Gasteiger partial charge in [0, 0.05) is 12.7 Å². The van der Waals surface area contributed by atoms with Crippen LogP contribution < -0.4 is 4.90 Å². The number of carboxylic acids is 1. The Morgan fingerprint density at radius 3 is 2.80 bits per heavy atom. The minimum Gasteiger partial charge on any atom is -0.480 e. The molecule has 0 aromatic carbocycles. The summed E-state index contributed by atoms with van der Waals surface area (Å²) in [5, 5.41) is 9.28. The summed E-state index contributed by atoms with van der Waals surface area (Å²) in [5.41, 5.74) is 0.370. The van der Waals surface area contributed by atoms with E-state index >= 15 is 0 Å². The Hall–Kier alpha value is -2.11. The van der Waals surface area contributed by atoms with Crippen LogP contribution in [0.25, 0.3) is 0 Å². The molecule has 6 nitrogen and oxygen atoms in total. The number of carbonyl (C=O) groups excluding carboxylic acids is 1. The first-order chi connectivity index (χ1) is 9.54. The first-order valence-electron chi connectivity index (χ1n) is 6.67. The molecule has 2 rings (SSSR count). The van der Waals surface area contributed by atoms with Gasteiger partial charge in [0.1, 0.15) is 11.9 Å². The van der Waals surface area contributed by atoms with Crippen LogP contribution >= 0.6 is 0 Å². The summed E-state index contributed by atoms with van der Waals surface area (Å²) >= 11 is 0. The maximum absolute atomic E-state index is 11.5. The molecule has 1 saturated heterocycles. The molecule has 1 N–H and O–H groups in total. The molecule has 1 aliphatic heterocycles. The van der Waals surface area contributed by atoms with Crippen LogP contribution in [-0.2, 0) is 9.53 Å². The standard InChI is InChI=1S/C14H18N2O4/c1-3-20-14(19)10-4-5-11(15-8-10)16-7-6-9(2)12(16)13(17)18/h4-5,8-9,12H,3,6-7H2,1-2H3,(H,17,18). The third-order valence-electron chi connectivity index (χ3n) is 3.51. The lowest BCUT2D eigenvalue weighted by Gasteiger charge is -2.24. The number of nitrogens with zero attached hydrogens (tertiary/aromatic N) is 2. The number of carboxylic acid groups (broad SMARTS) is 1. The monoisotopic (exact) mass is 278 g/mol. The van der Waals surface area contributed by atoms with E-state index in [1.807, 2.05) is 6.92 Å². The highest BCUT2D eigenvalue weighted by molar-refractivity contribution is 5.89. The second-order valence-electron chi connectivity index (χ2n) is 4.87. The lowest BCUT2D eigenvalue weighted by atomic mass is 10.0. The fourth-order valence-electron chi connectivity index (χ4n) is 2.47. The Morgan fingerprint density at radius 1 is 1.50 bits per heavy atom. The van der Waals surface area contributed by atoms with Crippen molar-refractivity contribution in [1.82, 2.24) is 4.98 Å². The number of anilines is 1. The highest BCUT2D eigenvalue weighted by Crippen LogP contribution is 2.28. The molecular formula is C14H18N2O4. The SMILES string of the molecule is CCOC(=O)c1ccc(N2CCC(C)C2C(=O)O)nc1. The Balaban J connectivity index is 2.17. The fourth-order valence-corrected chi connectivity index (χ4v) is 2.47. The van der Waals surface area contributed by atoms with Crippen LogP contribution in [0.1, 0.15) is 30.6 Å². The number of pyridine rings is 1. The summed E-state index contributed by atoms with van der Waals surface area (Å²) in [6.07, 6.45) is 2.24. The van der Waals surface area contributed by atoms with Crippen LogP contribution in [-0.4, -0.2) is 41.2 Å². The first-order valence-corrected chi connectivity index (χ1v) is 6.67. The number of aromatic nitrogens is 1. The molecule has 0 saturated carbocycles. The zero-order chi connectivity index (χ0) is 14.7. The smallest absolute Gasteiger partial charge is 0.339 e. The van der Waals surface area contributed by atoms with Crippen molar-refractivity contribution < 1.29 is 19.4 Å². The highest BCUT2D eigenvalue weighted by Gasteiger charge is 2.37. The van der Waals surface area contributed by atoms with Crippen LogP contribution in [0.2, 0.25) is 0 Å². The minimum absolute atomic E-state index is 0.0824. The van der Waals surface area contributed by atoms with Gasteiger partial charge in [0.2, 0.25) is 0 Å².